The molecule has 0 aromatic carbocycles. The Bertz CT molecular complexity index is 980. The van der Waals surface area contributed by atoms with Crippen LogP contribution in [0.3, 0.4) is 0 Å². The maximum atomic E-state index is 13.6. The number of likely N-dealkylation sites (tertiary alicyclic amines) is 1. The third-order valence-electron chi connectivity index (χ3n) is 9.35. The number of anilines is 1. The SMILES string of the molecule is CC1CCN(C(=O)CC2c3nc(NC(=O)CC(C)(C)C)sc3CC3C(C)(CO)C(O)CCC23C)CC1. The number of aromatic nitrogens is 1. The number of amides is 2. The molecule has 0 radical (unpaired) electrons. The van der Waals surface area contributed by atoms with Crippen molar-refractivity contribution in [2.24, 2.45) is 28.1 Å². The Balaban J connectivity index is 1.67. The van der Waals surface area contributed by atoms with E-state index in [9.17, 15) is 19.8 Å². The molecule has 1 aromatic rings. The largest absolute Gasteiger partial charge is 0.396 e. The molecule has 7 nitrogen and oxygen atoms in total. The van der Waals surface area contributed by atoms with Crippen molar-refractivity contribution in [1.29, 1.82) is 0 Å². The van der Waals surface area contributed by atoms with Gasteiger partial charge in [0.1, 0.15) is 0 Å². The van der Waals surface area contributed by atoms with E-state index in [1.54, 1.807) is 0 Å². The highest BCUT2D eigenvalue weighted by molar-refractivity contribution is 7.15. The van der Waals surface area contributed by atoms with Gasteiger partial charge in [-0.25, -0.2) is 4.98 Å². The number of carbonyl (C=O) groups is 2. The maximum absolute atomic E-state index is 13.6. The van der Waals surface area contributed by atoms with Gasteiger partial charge < -0.3 is 20.4 Å². The van der Waals surface area contributed by atoms with Crippen molar-refractivity contribution < 1.29 is 19.8 Å². The number of fused-ring (bicyclic) bond motifs is 2. The number of hydrogen-bond acceptors (Lipinski definition) is 6. The highest BCUT2D eigenvalue weighted by atomic mass is 32.1. The summed E-state index contributed by atoms with van der Waals surface area (Å²) in [6.45, 7) is 14.1. The highest BCUT2D eigenvalue weighted by Gasteiger charge is 2.59. The van der Waals surface area contributed by atoms with E-state index in [1.807, 2.05) is 32.6 Å². The fourth-order valence-electron chi connectivity index (χ4n) is 6.91. The predicted molar refractivity (Wildman–Crippen MR) is 143 cm³/mol. The quantitative estimate of drug-likeness (QED) is 0.528. The van der Waals surface area contributed by atoms with E-state index in [1.165, 1.54) is 11.3 Å². The minimum absolute atomic E-state index is 0.0176. The monoisotopic (exact) mass is 519 g/mol. The molecule has 1 saturated heterocycles. The first-order valence-corrected chi connectivity index (χ1v) is 14.4. The van der Waals surface area contributed by atoms with Gasteiger partial charge in [-0.05, 0) is 54.8 Å². The van der Waals surface area contributed by atoms with Crippen molar-refractivity contribution in [3.05, 3.63) is 10.6 Å². The Morgan fingerprint density at radius 3 is 2.47 bits per heavy atom. The Morgan fingerprint density at radius 2 is 1.86 bits per heavy atom. The molecule has 2 amide bonds. The molecule has 1 aromatic heterocycles. The third kappa shape index (κ3) is 5.23. The summed E-state index contributed by atoms with van der Waals surface area (Å²) >= 11 is 1.49. The molecule has 1 saturated carbocycles. The first kappa shape index (κ1) is 27.5. The van der Waals surface area contributed by atoms with E-state index in [0.717, 1.165) is 42.9 Å². The highest BCUT2D eigenvalue weighted by Crippen LogP contribution is 2.63. The fraction of sp³-hybridized carbons (Fsp3) is 0.821. The average Bonchev–Trinajstić information content (AvgIpc) is 3.18. The lowest BCUT2D eigenvalue weighted by Gasteiger charge is -2.58. The van der Waals surface area contributed by atoms with E-state index < -0.39 is 11.5 Å². The second kappa shape index (κ2) is 9.99. The summed E-state index contributed by atoms with van der Waals surface area (Å²) in [5, 5.41) is 25.0. The van der Waals surface area contributed by atoms with Crippen molar-refractivity contribution in [2.45, 2.75) is 98.5 Å². The van der Waals surface area contributed by atoms with Crippen LogP contribution < -0.4 is 5.32 Å². The second-order valence-electron chi connectivity index (χ2n) is 13.4. The molecular formula is C28H45N3O4S. The first-order chi connectivity index (χ1) is 16.8. The molecule has 3 aliphatic rings. The van der Waals surface area contributed by atoms with Crippen LogP contribution in [0, 0.1) is 28.1 Å². The summed E-state index contributed by atoms with van der Waals surface area (Å²) in [6, 6.07) is 0. The first-order valence-electron chi connectivity index (χ1n) is 13.6. The Hall–Kier alpha value is -1.51. The number of hydrogen-bond donors (Lipinski definition) is 3. The van der Waals surface area contributed by atoms with Gasteiger partial charge in [-0.2, -0.15) is 0 Å². The second-order valence-corrected chi connectivity index (χ2v) is 14.5. The Labute approximate surface area is 220 Å². The van der Waals surface area contributed by atoms with Crippen LogP contribution in [0.2, 0.25) is 0 Å². The Kier molecular flexibility index (Phi) is 7.64. The standard InChI is InChI=1S/C28H45N3O4S/c1-17-8-11-31(12-9-17)23(35)13-18-24-19(36-25(30-24)29-22(34)15-26(2,3)4)14-20-27(18,5)10-7-21(33)28(20,6)16-32/h17-18,20-21,32-33H,7-16H2,1-6H3,(H,29,30,34). The molecule has 1 aliphatic heterocycles. The average molecular weight is 520 g/mol. The van der Waals surface area contributed by atoms with Crippen molar-refractivity contribution in [3.63, 3.8) is 0 Å². The summed E-state index contributed by atoms with van der Waals surface area (Å²) in [6.07, 6.45) is 4.36. The van der Waals surface area contributed by atoms with Gasteiger partial charge in [0, 0.05) is 42.1 Å². The lowest BCUT2D eigenvalue weighted by molar-refractivity contribution is -0.147. The molecule has 36 heavy (non-hydrogen) atoms. The van der Waals surface area contributed by atoms with E-state index in [-0.39, 0.29) is 41.1 Å². The minimum Gasteiger partial charge on any atom is -0.396 e. The molecule has 0 bridgehead atoms. The van der Waals surface area contributed by atoms with Crippen molar-refractivity contribution in [3.8, 4) is 0 Å². The van der Waals surface area contributed by atoms with Gasteiger partial charge >= 0.3 is 0 Å². The summed E-state index contributed by atoms with van der Waals surface area (Å²) in [5.74, 6) is 0.677. The molecule has 2 aliphatic carbocycles. The molecule has 5 unspecified atom stereocenters. The zero-order valence-corrected chi connectivity index (χ0v) is 23.7. The van der Waals surface area contributed by atoms with Crippen LogP contribution in [0.25, 0.3) is 0 Å². The normalized spacial score (nSPS) is 33.1. The lowest BCUT2D eigenvalue weighted by Crippen LogP contribution is -2.57. The number of nitrogens with one attached hydrogen (secondary N) is 1. The number of piperidine rings is 1. The molecule has 202 valence electrons. The number of aliphatic hydroxyl groups is 2. The molecule has 3 N–H and O–H groups in total. The number of carbonyl (C=O) groups excluding carboxylic acids is 2. The summed E-state index contributed by atoms with van der Waals surface area (Å²) in [4.78, 5) is 34.2. The van der Waals surface area contributed by atoms with Gasteiger partial charge in [0.2, 0.25) is 11.8 Å². The lowest BCUT2D eigenvalue weighted by atomic mass is 9.47. The van der Waals surface area contributed by atoms with Crippen LogP contribution >= 0.6 is 11.3 Å². The van der Waals surface area contributed by atoms with Gasteiger partial charge in [-0.15, -0.1) is 11.3 Å². The van der Waals surface area contributed by atoms with E-state index in [4.69, 9.17) is 4.98 Å². The van der Waals surface area contributed by atoms with Crippen LogP contribution in [0.5, 0.6) is 0 Å². The van der Waals surface area contributed by atoms with Gasteiger partial charge in [-0.1, -0.05) is 41.5 Å². The van der Waals surface area contributed by atoms with Crippen LogP contribution in [-0.4, -0.2) is 57.7 Å². The number of aliphatic hydroxyl groups excluding tert-OH is 2. The van der Waals surface area contributed by atoms with Gasteiger partial charge in [0.15, 0.2) is 5.13 Å². The molecule has 8 heteroatoms. The van der Waals surface area contributed by atoms with E-state index in [0.29, 0.717) is 36.7 Å². The van der Waals surface area contributed by atoms with Crippen LogP contribution in [0.4, 0.5) is 5.13 Å². The summed E-state index contributed by atoms with van der Waals surface area (Å²) in [5.41, 5.74) is -0.112. The summed E-state index contributed by atoms with van der Waals surface area (Å²) in [7, 11) is 0. The van der Waals surface area contributed by atoms with Crippen LogP contribution in [0.15, 0.2) is 0 Å². The number of nitrogens with zero attached hydrogens (tertiary/aromatic N) is 2. The van der Waals surface area contributed by atoms with Gasteiger partial charge in [-0.3, -0.25) is 9.59 Å². The maximum Gasteiger partial charge on any atom is 0.226 e. The molecule has 2 fully saturated rings. The zero-order valence-electron chi connectivity index (χ0n) is 22.9. The Morgan fingerprint density at radius 1 is 1.19 bits per heavy atom. The fourth-order valence-corrected chi connectivity index (χ4v) is 7.99. The summed E-state index contributed by atoms with van der Waals surface area (Å²) < 4.78 is 0. The zero-order chi connectivity index (χ0) is 26.5. The molecule has 0 spiro atoms. The van der Waals surface area contributed by atoms with E-state index in [2.05, 4.69) is 19.2 Å². The van der Waals surface area contributed by atoms with Crippen molar-refractivity contribution >= 4 is 28.3 Å². The predicted octanol–water partition coefficient (Wildman–Crippen LogP) is 4.58. The smallest absolute Gasteiger partial charge is 0.226 e. The third-order valence-corrected chi connectivity index (χ3v) is 10.4. The van der Waals surface area contributed by atoms with E-state index >= 15 is 0 Å². The molecular weight excluding hydrogens is 474 g/mol. The van der Waals surface area contributed by atoms with Crippen LogP contribution in [0.1, 0.15) is 96.6 Å². The molecule has 2 heterocycles. The molecule has 4 rings (SSSR count). The van der Waals surface area contributed by atoms with Crippen molar-refractivity contribution in [2.75, 3.05) is 25.0 Å². The molecule has 5 atom stereocenters. The minimum atomic E-state index is -0.647. The number of thiazole rings is 1. The number of rotatable bonds is 5. The van der Waals surface area contributed by atoms with Gasteiger partial charge in [0.05, 0.1) is 18.4 Å². The van der Waals surface area contributed by atoms with Crippen molar-refractivity contribution in [1.82, 2.24) is 9.88 Å². The van der Waals surface area contributed by atoms with Gasteiger partial charge in [0.25, 0.3) is 0 Å². The van der Waals surface area contributed by atoms with Crippen LogP contribution in [-0.2, 0) is 16.0 Å². The topological polar surface area (TPSA) is 103 Å².